The first-order chi connectivity index (χ1) is 11.8. The molecule has 2 aromatic heterocycles. The Balaban J connectivity index is 1.58. The predicted octanol–water partition coefficient (Wildman–Crippen LogP) is 4.34. The van der Waals surface area contributed by atoms with Gasteiger partial charge in [-0.15, -0.1) is 0 Å². The van der Waals surface area contributed by atoms with Gasteiger partial charge in [0.2, 0.25) is 5.82 Å². The van der Waals surface area contributed by atoms with E-state index in [1.54, 1.807) is 17.4 Å². The summed E-state index contributed by atoms with van der Waals surface area (Å²) in [5, 5.41) is 9.68. The van der Waals surface area contributed by atoms with E-state index in [-0.39, 0.29) is 6.61 Å². The second-order valence-corrected chi connectivity index (χ2v) is 5.91. The molecule has 0 saturated heterocycles. The first-order valence-electron chi connectivity index (χ1n) is 7.30. The molecule has 2 aromatic carbocycles. The number of carbonyl (C=O) groups excluding carboxylic acids is 1. The zero-order valence-electron chi connectivity index (χ0n) is 12.5. The molecule has 0 aliphatic carbocycles. The SMILES string of the molecule is O=Cc1c(OCc2nc(-c3ccsc3)no2)ccc2ccccc12. The number of hydrogen-bond donors (Lipinski definition) is 0. The Labute approximate surface area is 141 Å². The lowest BCUT2D eigenvalue weighted by Gasteiger charge is -2.08. The number of hydrogen-bond acceptors (Lipinski definition) is 6. The van der Waals surface area contributed by atoms with Gasteiger partial charge in [-0.05, 0) is 28.3 Å². The Bertz CT molecular complexity index is 993. The van der Waals surface area contributed by atoms with Crippen LogP contribution in [-0.4, -0.2) is 16.4 Å². The summed E-state index contributed by atoms with van der Waals surface area (Å²) in [5.41, 5.74) is 1.43. The molecule has 24 heavy (non-hydrogen) atoms. The van der Waals surface area contributed by atoms with Gasteiger partial charge in [-0.2, -0.15) is 16.3 Å². The fourth-order valence-corrected chi connectivity index (χ4v) is 3.12. The highest BCUT2D eigenvalue weighted by Crippen LogP contribution is 2.27. The van der Waals surface area contributed by atoms with E-state index < -0.39 is 0 Å². The summed E-state index contributed by atoms with van der Waals surface area (Å²) in [6.07, 6.45) is 0.808. The van der Waals surface area contributed by atoms with Gasteiger partial charge >= 0.3 is 0 Å². The van der Waals surface area contributed by atoms with Crippen LogP contribution in [0.4, 0.5) is 0 Å². The molecule has 2 heterocycles. The van der Waals surface area contributed by atoms with E-state index in [4.69, 9.17) is 9.26 Å². The van der Waals surface area contributed by atoms with E-state index in [1.165, 1.54) is 0 Å². The molecule has 118 valence electrons. The summed E-state index contributed by atoms with van der Waals surface area (Å²) in [5.74, 6) is 1.39. The summed E-state index contributed by atoms with van der Waals surface area (Å²) in [4.78, 5) is 15.8. The van der Waals surface area contributed by atoms with Gasteiger partial charge < -0.3 is 9.26 Å². The van der Waals surface area contributed by atoms with Crippen LogP contribution in [0, 0.1) is 0 Å². The average molecular weight is 336 g/mol. The molecule has 0 amide bonds. The smallest absolute Gasteiger partial charge is 0.264 e. The molecule has 6 heteroatoms. The van der Waals surface area contributed by atoms with Crippen molar-refractivity contribution in [2.45, 2.75) is 6.61 Å². The lowest BCUT2D eigenvalue weighted by molar-refractivity contribution is 0.111. The molecular weight excluding hydrogens is 324 g/mol. The Morgan fingerprint density at radius 1 is 1.17 bits per heavy atom. The Morgan fingerprint density at radius 3 is 2.92 bits per heavy atom. The first kappa shape index (κ1) is 14.6. The third-order valence-electron chi connectivity index (χ3n) is 3.65. The third kappa shape index (κ3) is 2.68. The third-order valence-corrected chi connectivity index (χ3v) is 4.33. The van der Waals surface area contributed by atoms with Gasteiger partial charge in [0.1, 0.15) is 5.75 Å². The monoisotopic (exact) mass is 336 g/mol. The van der Waals surface area contributed by atoms with Crippen LogP contribution in [0.5, 0.6) is 5.75 Å². The second kappa shape index (κ2) is 6.25. The normalized spacial score (nSPS) is 10.8. The first-order valence-corrected chi connectivity index (χ1v) is 8.24. The van der Waals surface area contributed by atoms with Crippen molar-refractivity contribution in [2.75, 3.05) is 0 Å². The average Bonchev–Trinajstić information content (AvgIpc) is 3.30. The summed E-state index contributed by atoms with van der Waals surface area (Å²) in [7, 11) is 0. The number of thiophene rings is 1. The summed E-state index contributed by atoms with van der Waals surface area (Å²) >= 11 is 1.57. The fourth-order valence-electron chi connectivity index (χ4n) is 2.48. The Kier molecular flexibility index (Phi) is 3.80. The number of carbonyl (C=O) groups is 1. The number of ether oxygens (including phenoxy) is 1. The fraction of sp³-hybridized carbons (Fsp3) is 0.0556. The maximum atomic E-state index is 11.5. The minimum Gasteiger partial charge on any atom is -0.483 e. The van der Waals surface area contributed by atoms with Crippen LogP contribution in [0.25, 0.3) is 22.2 Å². The van der Waals surface area contributed by atoms with Gasteiger partial charge in [-0.25, -0.2) is 0 Å². The van der Waals surface area contributed by atoms with Crippen LogP contribution in [0.1, 0.15) is 16.2 Å². The number of nitrogens with zero attached hydrogens (tertiary/aromatic N) is 2. The van der Waals surface area contributed by atoms with Gasteiger partial charge in [-0.3, -0.25) is 4.79 Å². The van der Waals surface area contributed by atoms with E-state index in [1.807, 2.05) is 47.2 Å². The van der Waals surface area contributed by atoms with Crippen molar-refractivity contribution < 1.29 is 14.1 Å². The molecule has 0 bridgehead atoms. The van der Waals surface area contributed by atoms with E-state index in [9.17, 15) is 4.79 Å². The number of rotatable bonds is 5. The summed E-state index contributed by atoms with van der Waals surface area (Å²) in [6, 6.07) is 13.3. The van der Waals surface area contributed by atoms with E-state index in [0.717, 1.165) is 22.6 Å². The van der Waals surface area contributed by atoms with Gasteiger partial charge in [0.05, 0.1) is 5.56 Å². The highest BCUT2D eigenvalue weighted by molar-refractivity contribution is 7.08. The lowest BCUT2D eigenvalue weighted by Crippen LogP contribution is -1.99. The second-order valence-electron chi connectivity index (χ2n) is 5.13. The van der Waals surface area contributed by atoms with Crippen molar-refractivity contribution in [1.29, 1.82) is 0 Å². The van der Waals surface area contributed by atoms with Crippen molar-refractivity contribution in [1.82, 2.24) is 10.1 Å². The minimum atomic E-state index is 0.107. The zero-order valence-corrected chi connectivity index (χ0v) is 13.3. The topological polar surface area (TPSA) is 65.2 Å². The van der Waals surface area contributed by atoms with Gasteiger partial charge in [0.25, 0.3) is 5.89 Å². The molecule has 0 atom stereocenters. The molecule has 0 aliphatic rings. The van der Waals surface area contributed by atoms with Crippen LogP contribution in [0.3, 0.4) is 0 Å². The number of aldehydes is 1. The minimum absolute atomic E-state index is 0.107. The zero-order chi connectivity index (χ0) is 16.4. The molecule has 0 N–H and O–H groups in total. The summed E-state index contributed by atoms with van der Waals surface area (Å²) in [6.45, 7) is 0.107. The highest BCUT2D eigenvalue weighted by Gasteiger charge is 2.12. The van der Waals surface area contributed by atoms with Crippen molar-refractivity contribution in [2.24, 2.45) is 0 Å². The molecule has 0 spiro atoms. The molecule has 0 aliphatic heterocycles. The maximum absolute atomic E-state index is 11.5. The maximum Gasteiger partial charge on any atom is 0.264 e. The quantitative estimate of drug-likeness (QED) is 0.507. The van der Waals surface area contributed by atoms with Gasteiger partial charge in [0.15, 0.2) is 12.9 Å². The molecule has 0 unspecified atom stereocenters. The van der Waals surface area contributed by atoms with Crippen molar-refractivity contribution in [3.05, 3.63) is 64.7 Å². The summed E-state index contributed by atoms with van der Waals surface area (Å²) < 4.78 is 10.9. The van der Waals surface area contributed by atoms with E-state index in [2.05, 4.69) is 10.1 Å². The predicted molar refractivity (Wildman–Crippen MR) is 91.3 cm³/mol. The van der Waals surface area contributed by atoms with E-state index in [0.29, 0.717) is 23.0 Å². The molecule has 0 radical (unpaired) electrons. The van der Waals surface area contributed by atoms with Crippen molar-refractivity contribution in [3.63, 3.8) is 0 Å². The van der Waals surface area contributed by atoms with Crippen LogP contribution in [0.2, 0.25) is 0 Å². The Morgan fingerprint density at radius 2 is 2.08 bits per heavy atom. The van der Waals surface area contributed by atoms with Crippen LogP contribution in [-0.2, 0) is 6.61 Å². The molecule has 0 saturated carbocycles. The lowest BCUT2D eigenvalue weighted by atomic mass is 10.0. The number of aromatic nitrogens is 2. The van der Waals surface area contributed by atoms with Crippen molar-refractivity contribution >= 4 is 28.4 Å². The van der Waals surface area contributed by atoms with Crippen molar-refractivity contribution in [3.8, 4) is 17.1 Å². The number of fused-ring (bicyclic) bond motifs is 1. The largest absolute Gasteiger partial charge is 0.483 e. The van der Waals surface area contributed by atoms with Crippen LogP contribution < -0.4 is 4.74 Å². The van der Waals surface area contributed by atoms with Crippen LogP contribution >= 0.6 is 11.3 Å². The van der Waals surface area contributed by atoms with Gasteiger partial charge in [0, 0.05) is 10.9 Å². The molecule has 4 rings (SSSR count). The van der Waals surface area contributed by atoms with Crippen LogP contribution in [0.15, 0.2) is 57.7 Å². The molecular formula is C18H12N2O3S. The Hall–Kier alpha value is -2.99. The molecule has 4 aromatic rings. The number of benzene rings is 2. The highest BCUT2D eigenvalue weighted by atomic mass is 32.1. The van der Waals surface area contributed by atoms with E-state index >= 15 is 0 Å². The standard InChI is InChI=1S/C18H12N2O3S/c21-9-15-14-4-2-1-3-12(14)5-6-16(15)22-10-17-19-18(20-23-17)13-7-8-24-11-13/h1-9,11H,10H2. The van der Waals surface area contributed by atoms with Gasteiger partial charge in [-0.1, -0.05) is 35.5 Å². The molecule has 0 fully saturated rings. The molecule has 5 nitrogen and oxygen atoms in total.